The monoisotopic (exact) mass is 274 g/mol. The van der Waals surface area contributed by atoms with E-state index in [2.05, 4.69) is 38.9 Å². The van der Waals surface area contributed by atoms with Crippen LogP contribution in [-0.4, -0.2) is 26.1 Å². The quantitative estimate of drug-likeness (QED) is 0.789. The normalized spacial score (nSPS) is 27.0. The predicted molar refractivity (Wildman–Crippen MR) is 65.1 cm³/mol. The van der Waals surface area contributed by atoms with E-state index in [4.69, 9.17) is 0 Å². The molecule has 0 radical (unpaired) electrons. The van der Waals surface area contributed by atoms with Crippen molar-refractivity contribution in [3.63, 3.8) is 0 Å². The van der Waals surface area contributed by atoms with Crippen LogP contribution in [0.25, 0.3) is 0 Å². The van der Waals surface area contributed by atoms with Gasteiger partial charge in [0.15, 0.2) is 0 Å². The fourth-order valence-electron chi connectivity index (χ4n) is 1.82. The van der Waals surface area contributed by atoms with Crippen LogP contribution >= 0.6 is 27.7 Å². The molecule has 0 spiro atoms. The highest BCUT2D eigenvalue weighted by molar-refractivity contribution is 9.09. The van der Waals surface area contributed by atoms with Gasteiger partial charge in [-0.1, -0.05) is 15.9 Å². The number of rotatable bonds is 3. The minimum absolute atomic E-state index is 0.723. The Hall–Kier alpha value is 0.0400. The lowest BCUT2D eigenvalue weighted by Gasteiger charge is -2.12. The van der Waals surface area contributed by atoms with Gasteiger partial charge >= 0.3 is 0 Å². The second-order valence-electron chi connectivity index (χ2n) is 3.80. The van der Waals surface area contributed by atoms with E-state index in [0.29, 0.717) is 0 Å². The summed E-state index contributed by atoms with van der Waals surface area (Å²) in [5, 5.41) is 4.18. The van der Waals surface area contributed by atoms with Crippen LogP contribution in [0.1, 0.15) is 12.1 Å². The second kappa shape index (κ2) is 4.71. The fourth-order valence-corrected chi connectivity index (χ4v) is 4.41. The maximum absolute atomic E-state index is 4.18. The van der Waals surface area contributed by atoms with Crippen molar-refractivity contribution in [1.29, 1.82) is 0 Å². The van der Waals surface area contributed by atoms with E-state index in [9.17, 15) is 0 Å². The summed E-state index contributed by atoms with van der Waals surface area (Å²) in [6.45, 7) is 0. The molecule has 14 heavy (non-hydrogen) atoms. The van der Waals surface area contributed by atoms with E-state index < -0.39 is 0 Å². The minimum Gasteiger partial charge on any atom is -0.273 e. The Morgan fingerprint density at radius 1 is 1.64 bits per heavy atom. The Balaban J connectivity index is 1.85. The van der Waals surface area contributed by atoms with Gasteiger partial charge in [-0.25, -0.2) is 0 Å². The van der Waals surface area contributed by atoms with Crippen molar-refractivity contribution in [2.45, 2.75) is 17.7 Å². The highest BCUT2D eigenvalue weighted by Gasteiger charge is 2.25. The van der Waals surface area contributed by atoms with E-state index in [1.165, 1.54) is 23.6 Å². The van der Waals surface area contributed by atoms with Crippen molar-refractivity contribution in [3.8, 4) is 0 Å². The molecule has 1 aromatic heterocycles. The van der Waals surface area contributed by atoms with Crippen molar-refractivity contribution >= 4 is 27.7 Å². The van der Waals surface area contributed by atoms with Gasteiger partial charge in [-0.05, 0) is 30.6 Å². The molecule has 0 saturated carbocycles. The third-order valence-corrected chi connectivity index (χ3v) is 5.57. The SMILES string of the molecule is Cn1nccc1CCC1CSCC1Br. The molecule has 1 aliphatic heterocycles. The summed E-state index contributed by atoms with van der Waals surface area (Å²) in [5.41, 5.74) is 1.35. The molecular formula is C10H15BrN2S. The van der Waals surface area contributed by atoms with Crippen LogP contribution in [0.3, 0.4) is 0 Å². The molecule has 78 valence electrons. The molecule has 0 amide bonds. The first-order valence-corrected chi connectivity index (χ1v) is 7.03. The Kier molecular flexibility index (Phi) is 3.55. The molecule has 0 aliphatic carbocycles. The third kappa shape index (κ3) is 2.34. The molecule has 2 unspecified atom stereocenters. The Morgan fingerprint density at radius 2 is 2.50 bits per heavy atom. The van der Waals surface area contributed by atoms with Gasteiger partial charge in [0, 0.05) is 29.5 Å². The molecule has 1 aliphatic rings. The number of alkyl halides is 1. The lowest BCUT2D eigenvalue weighted by molar-refractivity contribution is 0.546. The summed E-state index contributed by atoms with van der Waals surface area (Å²) in [6, 6.07) is 2.12. The number of aromatic nitrogens is 2. The van der Waals surface area contributed by atoms with Gasteiger partial charge in [-0.15, -0.1) is 0 Å². The minimum atomic E-state index is 0.723. The largest absolute Gasteiger partial charge is 0.273 e. The summed E-state index contributed by atoms with van der Waals surface area (Å²) in [6.07, 6.45) is 4.32. The van der Waals surface area contributed by atoms with Gasteiger partial charge in [-0.3, -0.25) is 4.68 Å². The van der Waals surface area contributed by atoms with Gasteiger partial charge in [0.25, 0.3) is 0 Å². The van der Waals surface area contributed by atoms with E-state index in [1.807, 2.05) is 17.9 Å². The predicted octanol–water partition coefficient (Wildman–Crippen LogP) is 2.48. The number of hydrogen-bond acceptors (Lipinski definition) is 2. The van der Waals surface area contributed by atoms with Gasteiger partial charge in [-0.2, -0.15) is 16.9 Å². The number of aryl methyl sites for hydroxylation is 2. The van der Waals surface area contributed by atoms with Gasteiger partial charge in [0.2, 0.25) is 0 Å². The van der Waals surface area contributed by atoms with Crippen LogP contribution in [0.2, 0.25) is 0 Å². The molecule has 0 aromatic carbocycles. The van der Waals surface area contributed by atoms with Crippen LogP contribution in [-0.2, 0) is 13.5 Å². The molecule has 1 fully saturated rings. The van der Waals surface area contributed by atoms with Crippen molar-refractivity contribution in [3.05, 3.63) is 18.0 Å². The molecule has 0 N–H and O–H groups in total. The van der Waals surface area contributed by atoms with Gasteiger partial charge in [0.1, 0.15) is 0 Å². The van der Waals surface area contributed by atoms with Gasteiger partial charge in [0.05, 0.1) is 0 Å². The third-order valence-electron chi connectivity index (χ3n) is 2.81. The zero-order valence-electron chi connectivity index (χ0n) is 8.32. The van der Waals surface area contributed by atoms with E-state index in [-0.39, 0.29) is 0 Å². The molecule has 1 aromatic rings. The molecule has 2 rings (SSSR count). The zero-order chi connectivity index (χ0) is 9.97. The smallest absolute Gasteiger partial charge is 0.0492 e. The highest BCUT2D eigenvalue weighted by atomic mass is 79.9. The zero-order valence-corrected chi connectivity index (χ0v) is 10.7. The number of thioether (sulfide) groups is 1. The average Bonchev–Trinajstić information content (AvgIpc) is 2.72. The van der Waals surface area contributed by atoms with Crippen molar-refractivity contribution < 1.29 is 0 Å². The Labute approximate surface area is 97.6 Å². The average molecular weight is 275 g/mol. The van der Waals surface area contributed by atoms with E-state index >= 15 is 0 Å². The van der Waals surface area contributed by atoms with Crippen LogP contribution in [0.15, 0.2) is 12.3 Å². The number of nitrogens with zero attached hydrogens (tertiary/aromatic N) is 2. The lowest BCUT2D eigenvalue weighted by Crippen LogP contribution is -2.13. The first-order chi connectivity index (χ1) is 6.77. The molecular weight excluding hydrogens is 260 g/mol. The number of hydrogen-bond donors (Lipinski definition) is 0. The molecule has 4 heteroatoms. The second-order valence-corrected chi connectivity index (χ2v) is 6.05. The summed E-state index contributed by atoms with van der Waals surface area (Å²) in [4.78, 5) is 0.723. The van der Waals surface area contributed by atoms with Crippen molar-refractivity contribution in [2.24, 2.45) is 13.0 Å². The standard InChI is InChI=1S/C10H15BrN2S/c1-13-9(4-5-12-13)3-2-8-6-14-7-10(8)11/h4-5,8,10H,2-3,6-7H2,1H3. The maximum Gasteiger partial charge on any atom is 0.0492 e. The van der Waals surface area contributed by atoms with Crippen molar-refractivity contribution in [2.75, 3.05) is 11.5 Å². The topological polar surface area (TPSA) is 17.8 Å². The summed E-state index contributed by atoms with van der Waals surface area (Å²) >= 11 is 5.81. The van der Waals surface area contributed by atoms with Crippen LogP contribution in [0, 0.1) is 5.92 Å². The Morgan fingerprint density at radius 3 is 3.07 bits per heavy atom. The molecule has 0 bridgehead atoms. The lowest BCUT2D eigenvalue weighted by atomic mass is 10.0. The summed E-state index contributed by atoms with van der Waals surface area (Å²) in [5.74, 6) is 3.43. The first-order valence-electron chi connectivity index (χ1n) is 4.96. The van der Waals surface area contributed by atoms with Gasteiger partial charge < -0.3 is 0 Å². The molecule has 2 atom stereocenters. The van der Waals surface area contributed by atoms with Crippen LogP contribution in [0.5, 0.6) is 0 Å². The maximum atomic E-state index is 4.18. The summed E-state index contributed by atoms with van der Waals surface area (Å²) < 4.78 is 1.98. The highest BCUT2D eigenvalue weighted by Crippen LogP contribution is 2.32. The van der Waals surface area contributed by atoms with Crippen LogP contribution < -0.4 is 0 Å². The van der Waals surface area contributed by atoms with E-state index in [0.717, 1.165) is 17.2 Å². The molecule has 1 saturated heterocycles. The fraction of sp³-hybridized carbons (Fsp3) is 0.700. The molecule has 2 nitrogen and oxygen atoms in total. The Bertz CT molecular complexity index is 300. The summed E-state index contributed by atoms with van der Waals surface area (Å²) in [7, 11) is 2.02. The van der Waals surface area contributed by atoms with Crippen molar-refractivity contribution in [1.82, 2.24) is 9.78 Å². The van der Waals surface area contributed by atoms with E-state index in [1.54, 1.807) is 0 Å². The molecule has 2 heterocycles. The first kappa shape index (κ1) is 10.6. The number of halogens is 1. The van der Waals surface area contributed by atoms with Crippen LogP contribution in [0.4, 0.5) is 0 Å².